The number of hydrogen-bond donors (Lipinski definition) is 2. The van der Waals surface area contributed by atoms with Crippen molar-refractivity contribution in [3.63, 3.8) is 0 Å². The Morgan fingerprint density at radius 1 is 1.32 bits per heavy atom. The molecule has 6 rings (SSSR count). The summed E-state index contributed by atoms with van der Waals surface area (Å²) in [7, 11) is 0. The Hall–Kier alpha value is -1.85. The van der Waals surface area contributed by atoms with Gasteiger partial charge in [0.05, 0.1) is 11.7 Å². The molecule has 1 spiro atoms. The number of nitrogens with one attached hydrogen (secondary N) is 2. The van der Waals surface area contributed by atoms with E-state index in [9.17, 15) is 4.79 Å². The van der Waals surface area contributed by atoms with Crippen molar-refractivity contribution in [3.8, 4) is 0 Å². The monoisotopic (exact) mass is 379 g/mol. The van der Waals surface area contributed by atoms with Gasteiger partial charge in [0.15, 0.2) is 0 Å². The van der Waals surface area contributed by atoms with E-state index in [4.69, 9.17) is 4.74 Å². The maximum absolute atomic E-state index is 12.4. The average Bonchev–Trinajstić information content (AvgIpc) is 3.08. The number of ether oxygens (including phenoxy) is 1. The third-order valence-corrected chi connectivity index (χ3v) is 7.97. The van der Waals surface area contributed by atoms with Gasteiger partial charge in [0, 0.05) is 55.1 Å². The summed E-state index contributed by atoms with van der Waals surface area (Å²) in [5.41, 5.74) is 2.54. The first-order valence-electron chi connectivity index (χ1n) is 10.8. The van der Waals surface area contributed by atoms with Crippen molar-refractivity contribution in [1.29, 1.82) is 0 Å². The number of aromatic amines is 1. The predicted molar refractivity (Wildman–Crippen MR) is 108 cm³/mol. The summed E-state index contributed by atoms with van der Waals surface area (Å²) >= 11 is 0. The molecule has 3 saturated heterocycles. The van der Waals surface area contributed by atoms with Crippen LogP contribution in [0.4, 0.5) is 0 Å². The predicted octanol–water partition coefficient (Wildman–Crippen LogP) is 3.06. The number of amides is 1. The Kier molecular flexibility index (Phi) is 3.55. The number of aromatic nitrogens is 1. The SMILES string of the molecule is CC1(C(=O)NC[C@H]2[C@H]3CN(Cc4cccc5cc[nH]c45)C[C@]34CC[C@H]2O4)CC1. The number of carbonyl (C=O) groups excluding carboxylic acids is 1. The molecule has 2 bridgehead atoms. The molecule has 4 fully saturated rings. The average molecular weight is 380 g/mol. The van der Waals surface area contributed by atoms with Crippen LogP contribution in [-0.4, -0.2) is 47.1 Å². The molecule has 4 atom stereocenters. The number of likely N-dealkylation sites (tertiary alicyclic amines) is 1. The van der Waals surface area contributed by atoms with E-state index >= 15 is 0 Å². The number of fused-ring (bicyclic) bond motifs is 2. The van der Waals surface area contributed by atoms with Crippen LogP contribution in [0, 0.1) is 17.3 Å². The lowest BCUT2D eigenvalue weighted by molar-refractivity contribution is -0.126. The first-order chi connectivity index (χ1) is 13.6. The van der Waals surface area contributed by atoms with E-state index in [1.807, 2.05) is 6.20 Å². The molecule has 0 unspecified atom stereocenters. The van der Waals surface area contributed by atoms with Crippen molar-refractivity contribution in [2.24, 2.45) is 17.3 Å². The largest absolute Gasteiger partial charge is 0.370 e. The molecule has 2 aromatic rings. The number of benzene rings is 1. The molecule has 4 heterocycles. The maximum Gasteiger partial charge on any atom is 0.225 e. The highest BCUT2D eigenvalue weighted by Gasteiger charge is 2.62. The molecule has 4 aliphatic rings. The molecular formula is C23H29N3O2. The van der Waals surface area contributed by atoms with Crippen molar-refractivity contribution >= 4 is 16.8 Å². The lowest BCUT2D eigenvalue weighted by Gasteiger charge is -2.30. The third-order valence-electron chi connectivity index (χ3n) is 7.97. The van der Waals surface area contributed by atoms with E-state index in [0.29, 0.717) is 17.9 Å². The molecule has 1 saturated carbocycles. The highest BCUT2D eigenvalue weighted by molar-refractivity contribution is 5.84. The van der Waals surface area contributed by atoms with Gasteiger partial charge in [0.2, 0.25) is 5.91 Å². The number of carbonyl (C=O) groups is 1. The minimum absolute atomic E-state index is 0.0210. The minimum atomic E-state index is -0.0907. The molecule has 5 heteroatoms. The number of nitrogens with zero attached hydrogens (tertiary/aromatic N) is 1. The van der Waals surface area contributed by atoms with Gasteiger partial charge in [0.1, 0.15) is 0 Å². The molecule has 1 aliphatic carbocycles. The van der Waals surface area contributed by atoms with Crippen LogP contribution >= 0.6 is 0 Å². The van der Waals surface area contributed by atoms with Gasteiger partial charge >= 0.3 is 0 Å². The molecule has 148 valence electrons. The van der Waals surface area contributed by atoms with Crippen LogP contribution in [0.15, 0.2) is 30.5 Å². The summed E-state index contributed by atoms with van der Waals surface area (Å²) in [6.07, 6.45) is 6.76. The number of hydrogen-bond acceptors (Lipinski definition) is 3. The Labute approximate surface area is 165 Å². The van der Waals surface area contributed by atoms with Gasteiger partial charge in [-0.25, -0.2) is 0 Å². The highest BCUT2D eigenvalue weighted by Crippen LogP contribution is 2.55. The summed E-state index contributed by atoms with van der Waals surface area (Å²) in [5.74, 6) is 1.25. The summed E-state index contributed by atoms with van der Waals surface area (Å²) in [4.78, 5) is 18.4. The first kappa shape index (κ1) is 17.0. The van der Waals surface area contributed by atoms with Crippen molar-refractivity contribution in [2.45, 2.75) is 50.9 Å². The molecular weight excluding hydrogens is 350 g/mol. The van der Waals surface area contributed by atoms with E-state index in [-0.39, 0.29) is 16.9 Å². The Morgan fingerprint density at radius 2 is 2.21 bits per heavy atom. The van der Waals surface area contributed by atoms with Crippen molar-refractivity contribution in [1.82, 2.24) is 15.2 Å². The quantitative estimate of drug-likeness (QED) is 0.839. The van der Waals surface area contributed by atoms with Gasteiger partial charge in [-0.05, 0) is 42.7 Å². The molecule has 28 heavy (non-hydrogen) atoms. The normalized spacial score (nSPS) is 35.4. The maximum atomic E-state index is 12.4. The van der Waals surface area contributed by atoms with Gasteiger partial charge < -0.3 is 15.0 Å². The second-order valence-electron chi connectivity index (χ2n) is 9.83. The fourth-order valence-electron chi connectivity index (χ4n) is 6.04. The zero-order chi connectivity index (χ0) is 18.9. The van der Waals surface area contributed by atoms with Crippen LogP contribution in [0.2, 0.25) is 0 Å². The second kappa shape index (κ2) is 5.83. The molecule has 3 aliphatic heterocycles. The Morgan fingerprint density at radius 3 is 3.07 bits per heavy atom. The van der Waals surface area contributed by atoms with Gasteiger partial charge in [-0.2, -0.15) is 0 Å². The smallest absolute Gasteiger partial charge is 0.225 e. The lowest BCUT2D eigenvalue weighted by Crippen LogP contribution is -2.43. The summed E-state index contributed by atoms with van der Waals surface area (Å²) < 4.78 is 6.57. The molecule has 1 aromatic heterocycles. The summed E-state index contributed by atoms with van der Waals surface area (Å²) in [5, 5.41) is 4.54. The van der Waals surface area contributed by atoms with Crippen LogP contribution in [0.5, 0.6) is 0 Å². The van der Waals surface area contributed by atoms with Crippen molar-refractivity contribution in [2.75, 3.05) is 19.6 Å². The molecule has 1 amide bonds. The first-order valence-corrected chi connectivity index (χ1v) is 10.8. The van der Waals surface area contributed by atoms with E-state index < -0.39 is 0 Å². The van der Waals surface area contributed by atoms with Gasteiger partial charge in [0.25, 0.3) is 0 Å². The van der Waals surface area contributed by atoms with E-state index in [0.717, 1.165) is 45.4 Å². The number of rotatable bonds is 5. The number of H-pyrrole nitrogens is 1. The fraction of sp³-hybridized carbons (Fsp3) is 0.609. The van der Waals surface area contributed by atoms with E-state index in [2.05, 4.69) is 46.4 Å². The number of para-hydroxylation sites is 1. The molecule has 2 N–H and O–H groups in total. The van der Waals surface area contributed by atoms with Crippen LogP contribution < -0.4 is 5.32 Å². The van der Waals surface area contributed by atoms with E-state index in [1.54, 1.807) is 0 Å². The molecule has 5 nitrogen and oxygen atoms in total. The van der Waals surface area contributed by atoms with E-state index in [1.165, 1.54) is 22.9 Å². The standard InChI is InChI=1S/C23H29N3O2/c1-22(8-9-22)21(27)25-11-17-18-13-26(14-23(18)7-5-19(17)28-23)12-16-4-2-3-15-6-10-24-20(15)16/h2-4,6,10,17-19,24H,5,7-9,11-14H2,1H3,(H,25,27)/t17-,18+,19+,23+/m0/s1. The van der Waals surface area contributed by atoms with Crippen LogP contribution in [0.3, 0.4) is 0 Å². The summed E-state index contributed by atoms with van der Waals surface area (Å²) in [6.45, 7) is 5.92. The zero-order valence-electron chi connectivity index (χ0n) is 16.5. The van der Waals surface area contributed by atoms with Gasteiger partial charge in [-0.1, -0.05) is 25.1 Å². The molecule has 1 aromatic carbocycles. The summed E-state index contributed by atoms with van der Waals surface area (Å²) in [6, 6.07) is 8.69. The van der Waals surface area contributed by atoms with Crippen molar-refractivity contribution < 1.29 is 9.53 Å². The topological polar surface area (TPSA) is 57.4 Å². The lowest BCUT2D eigenvalue weighted by atomic mass is 9.73. The van der Waals surface area contributed by atoms with Crippen LogP contribution in [-0.2, 0) is 16.1 Å². The third kappa shape index (κ3) is 2.49. The second-order valence-corrected chi connectivity index (χ2v) is 9.83. The van der Waals surface area contributed by atoms with Crippen molar-refractivity contribution in [3.05, 3.63) is 36.0 Å². The zero-order valence-corrected chi connectivity index (χ0v) is 16.5. The van der Waals surface area contributed by atoms with Gasteiger partial charge in [-0.15, -0.1) is 0 Å². The minimum Gasteiger partial charge on any atom is -0.370 e. The highest BCUT2D eigenvalue weighted by atomic mass is 16.5. The Bertz CT molecular complexity index is 933. The van der Waals surface area contributed by atoms with Crippen LogP contribution in [0.1, 0.15) is 38.2 Å². The molecule has 0 radical (unpaired) electrons. The van der Waals surface area contributed by atoms with Crippen LogP contribution in [0.25, 0.3) is 10.9 Å². The fourth-order valence-corrected chi connectivity index (χ4v) is 6.04. The Balaban J connectivity index is 1.17. The van der Waals surface area contributed by atoms with Gasteiger partial charge in [-0.3, -0.25) is 9.69 Å².